The molecule has 0 spiro atoms. The van der Waals surface area contributed by atoms with Crippen molar-refractivity contribution in [2.45, 2.75) is 6.42 Å². The van der Waals surface area contributed by atoms with Gasteiger partial charge in [0.1, 0.15) is 11.5 Å². The summed E-state index contributed by atoms with van der Waals surface area (Å²) in [5.41, 5.74) is 1.39. The molecule has 0 aliphatic rings. The molecule has 1 heterocycles. The van der Waals surface area contributed by atoms with Crippen molar-refractivity contribution in [3.8, 4) is 11.5 Å². The van der Waals surface area contributed by atoms with Crippen LogP contribution in [0.1, 0.15) is 5.69 Å². The lowest BCUT2D eigenvalue weighted by Gasteiger charge is -2.10. The van der Waals surface area contributed by atoms with E-state index >= 15 is 0 Å². The number of thiazole rings is 1. The van der Waals surface area contributed by atoms with Crippen LogP contribution < -0.4 is 20.1 Å². The van der Waals surface area contributed by atoms with Crippen molar-refractivity contribution in [1.29, 1.82) is 0 Å². The van der Waals surface area contributed by atoms with Crippen molar-refractivity contribution in [3.05, 3.63) is 59.1 Å². The van der Waals surface area contributed by atoms with Gasteiger partial charge in [0.05, 0.1) is 32.0 Å². The first-order valence-electron chi connectivity index (χ1n) is 8.17. The van der Waals surface area contributed by atoms with Gasteiger partial charge < -0.3 is 20.1 Å². The summed E-state index contributed by atoms with van der Waals surface area (Å²) in [6, 6.07) is 8.49. The SMILES string of the molecule is COc1ccc(OC)c(Nc2nc(CC(=O)Nc3ccc(F)c(F)c3)cs2)c1. The number of aromatic nitrogens is 1. The minimum Gasteiger partial charge on any atom is -0.497 e. The molecule has 3 aromatic rings. The number of carbonyl (C=O) groups excluding carboxylic acids is 1. The van der Waals surface area contributed by atoms with Crippen LogP contribution >= 0.6 is 11.3 Å². The van der Waals surface area contributed by atoms with Crippen molar-refractivity contribution in [2.24, 2.45) is 0 Å². The lowest BCUT2D eigenvalue weighted by atomic mass is 10.2. The van der Waals surface area contributed by atoms with Crippen LogP contribution in [0.5, 0.6) is 11.5 Å². The number of carbonyl (C=O) groups is 1. The number of amides is 1. The molecule has 0 fully saturated rings. The first-order valence-corrected chi connectivity index (χ1v) is 9.05. The Kier molecular flexibility index (Phi) is 6.05. The van der Waals surface area contributed by atoms with Crippen LogP contribution in [0.25, 0.3) is 0 Å². The van der Waals surface area contributed by atoms with Crippen molar-refractivity contribution in [2.75, 3.05) is 24.9 Å². The Morgan fingerprint density at radius 1 is 1.11 bits per heavy atom. The van der Waals surface area contributed by atoms with E-state index in [9.17, 15) is 13.6 Å². The summed E-state index contributed by atoms with van der Waals surface area (Å²) < 4.78 is 36.7. The largest absolute Gasteiger partial charge is 0.497 e. The van der Waals surface area contributed by atoms with Crippen LogP contribution in [0.4, 0.5) is 25.3 Å². The van der Waals surface area contributed by atoms with Gasteiger partial charge in [-0.15, -0.1) is 11.3 Å². The zero-order valence-electron chi connectivity index (χ0n) is 15.1. The van der Waals surface area contributed by atoms with Gasteiger partial charge >= 0.3 is 0 Å². The maximum atomic E-state index is 13.2. The summed E-state index contributed by atoms with van der Waals surface area (Å²) in [6.45, 7) is 0. The van der Waals surface area contributed by atoms with Gasteiger partial charge in [-0.3, -0.25) is 4.79 Å². The van der Waals surface area contributed by atoms with E-state index in [1.165, 1.54) is 17.4 Å². The summed E-state index contributed by atoms with van der Waals surface area (Å²) in [7, 11) is 3.13. The molecule has 0 aliphatic heterocycles. The average molecular weight is 405 g/mol. The maximum absolute atomic E-state index is 13.2. The van der Waals surface area contributed by atoms with E-state index in [0.717, 1.165) is 12.1 Å². The number of halogens is 2. The van der Waals surface area contributed by atoms with E-state index < -0.39 is 11.6 Å². The number of nitrogens with one attached hydrogen (secondary N) is 2. The molecule has 6 nitrogen and oxygen atoms in total. The molecular formula is C19H17F2N3O3S. The molecule has 0 saturated heterocycles. The van der Waals surface area contributed by atoms with Crippen molar-refractivity contribution in [3.63, 3.8) is 0 Å². The van der Waals surface area contributed by atoms with E-state index in [2.05, 4.69) is 15.6 Å². The van der Waals surface area contributed by atoms with Gasteiger partial charge in [-0.1, -0.05) is 0 Å². The average Bonchev–Trinajstić information content (AvgIpc) is 3.11. The lowest BCUT2D eigenvalue weighted by molar-refractivity contribution is -0.115. The molecule has 1 aromatic heterocycles. The van der Waals surface area contributed by atoms with Gasteiger partial charge in [0.25, 0.3) is 0 Å². The number of benzene rings is 2. The summed E-state index contributed by atoms with van der Waals surface area (Å²) in [5.74, 6) is -1.10. The fourth-order valence-corrected chi connectivity index (χ4v) is 3.14. The number of anilines is 3. The van der Waals surface area contributed by atoms with Gasteiger partial charge in [-0.2, -0.15) is 0 Å². The Labute approximate surface area is 164 Å². The molecule has 9 heteroatoms. The second kappa shape index (κ2) is 8.66. The molecule has 0 atom stereocenters. The highest BCUT2D eigenvalue weighted by Gasteiger charge is 2.12. The van der Waals surface area contributed by atoms with E-state index in [0.29, 0.717) is 28.0 Å². The fourth-order valence-electron chi connectivity index (χ4n) is 2.42. The molecule has 0 bridgehead atoms. The van der Waals surface area contributed by atoms with Crippen LogP contribution in [0.3, 0.4) is 0 Å². The Morgan fingerprint density at radius 2 is 1.93 bits per heavy atom. The van der Waals surface area contributed by atoms with Crippen LogP contribution in [0.15, 0.2) is 41.8 Å². The Hall–Kier alpha value is -3.20. The second-order valence-electron chi connectivity index (χ2n) is 5.69. The standard InChI is InChI=1S/C19H17F2N3O3S/c1-26-13-4-6-17(27-2)16(9-13)24-19-23-12(10-28-19)8-18(25)22-11-3-5-14(20)15(21)7-11/h3-7,9-10H,8H2,1-2H3,(H,22,25)(H,23,24). The monoisotopic (exact) mass is 405 g/mol. The summed E-state index contributed by atoms with van der Waals surface area (Å²) in [5, 5.41) is 7.95. The summed E-state index contributed by atoms with van der Waals surface area (Å²) in [4.78, 5) is 16.5. The van der Waals surface area contributed by atoms with Crippen molar-refractivity contribution < 1.29 is 23.0 Å². The minimum atomic E-state index is -1.02. The quantitative estimate of drug-likeness (QED) is 0.611. The highest BCUT2D eigenvalue weighted by atomic mass is 32.1. The molecule has 146 valence electrons. The van der Waals surface area contributed by atoms with Crippen molar-refractivity contribution in [1.82, 2.24) is 4.98 Å². The van der Waals surface area contributed by atoms with Crippen LogP contribution in [0, 0.1) is 11.6 Å². The van der Waals surface area contributed by atoms with Gasteiger partial charge in [-0.05, 0) is 24.3 Å². The third-order valence-electron chi connectivity index (χ3n) is 3.75. The lowest BCUT2D eigenvalue weighted by Crippen LogP contribution is -2.14. The molecule has 0 aliphatic carbocycles. The van der Waals surface area contributed by atoms with Gasteiger partial charge in [0.15, 0.2) is 16.8 Å². The van der Waals surface area contributed by atoms with Crippen LogP contribution in [0.2, 0.25) is 0 Å². The first kappa shape index (κ1) is 19.6. The normalized spacial score (nSPS) is 10.4. The molecular weight excluding hydrogens is 388 g/mol. The second-order valence-corrected chi connectivity index (χ2v) is 6.55. The van der Waals surface area contributed by atoms with Crippen molar-refractivity contribution >= 4 is 33.8 Å². The van der Waals surface area contributed by atoms with E-state index in [4.69, 9.17) is 9.47 Å². The number of methoxy groups -OCH3 is 2. The third kappa shape index (κ3) is 4.74. The first-order chi connectivity index (χ1) is 13.5. The van der Waals surface area contributed by atoms with Crippen LogP contribution in [-0.4, -0.2) is 25.1 Å². The van der Waals surface area contributed by atoms with Crippen LogP contribution in [-0.2, 0) is 11.2 Å². The summed E-state index contributed by atoms with van der Waals surface area (Å²) >= 11 is 1.32. The maximum Gasteiger partial charge on any atom is 0.230 e. The molecule has 2 N–H and O–H groups in total. The number of hydrogen-bond acceptors (Lipinski definition) is 6. The highest BCUT2D eigenvalue weighted by molar-refractivity contribution is 7.13. The molecule has 28 heavy (non-hydrogen) atoms. The molecule has 2 aromatic carbocycles. The topological polar surface area (TPSA) is 72.5 Å². The third-order valence-corrected chi connectivity index (χ3v) is 4.55. The minimum absolute atomic E-state index is 0.00752. The van der Waals surface area contributed by atoms with Gasteiger partial charge in [0.2, 0.25) is 5.91 Å². The molecule has 0 unspecified atom stereocenters. The Morgan fingerprint density at radius 3 is 2.64 bits per heavy atom. The van der Waals surface area contributed by atoms with E-state index in [-0.39, 0.29) is 18.0 Å². The molecule has 3 rings (SSSR count). The van der Waals surface area contributed by atoms with Gasteiger partial charge in [0, 0.05) is 23.2 Å². The molecule has 0 saturated carbocycles. The summed E-state index contributed by atoms with van der Waals surface area (Å²) in [6.07, 6.45) is -0.00752. The zero-order chi connectivity index (χ0) is 20.1. The van der Waals surface area contributed by atoms with E-state index in [1.54, 1.807) is 37.8 Å². The number of hydrogen-bond donors (Lipinski definition) is 2. The Bertz CT molecular complexity index is 994. The fraction of sp³-hybridized carbons (Fsp3) is 0.158. The highest BCUT2D eigenvalue weighted by Crippen LogP contribution is 2.32. The zero-order valence-corrected chi connectivity index (χ0v) is 15.9. The van der Waals surface area contributed by atoms with E-state index in [1.807, 2.05) is 0 Å². The molecule has 0 radical (unpaired) electrons. The predicted octanol–water partition coefficient (Wildman–Crippen LogP) is 4.36. The predicted molar refractivity (Wildman–Crippen MR) is 104 cm³/mol. The van der Waals surface area contributed by atoms with Gasteiger partial charge in [-0.25, -0.2) is 13.8 Å². The molecule has 1 amide bonds. The smallest absolute Gasteiger partial charge is 0.230 e. The number of ether oxygens (including phenoxy) is 2. The number of rotatable bonds is 7. The Balaban J connectivity index is 1.65. The number of nitrogens with zero attached hydrogens (tertiary/aromatic N) is 1.